The Hall–Kier alpha value is -3.54. The Morgan fingerprint density at radius 2 is 2.00 bits per heavy atom. The molecule has 3 N–H and O–H groups in total. The number of hydrogen-bond acceptors (Lipinski definition) is 5. The molecule has 32 heavy (non-hydrogen) atoms. The highest BCUT2D eigenvalue weighted by atomic mass is 16.3. The molecule has 0 spiro atoms. The van der Waals surface area contributed by atoms with Gasteiger partial charge in [0, 0.05) is 24.5 Å². The zero-order valence-corrected chi connectivity index (χ0v) is 19.5. The molecule has 0 amide bonds. The van der Waals surface area contributed by atoms with Crippen LogP contribution >= 0.6 is 0 Å². The van der Waals surface area contributed by atoms with Crippen molar-refractivity contribution in [2.75, 3.05) is 5.32 Å². The van der Waals surface area contributed by atoms with Gasteiger partial charge in [0.2, 0.25) is 5.95 Å². The summed E-state index contributed by atoms with van der Waals surface area (Å²) >= 11 is 0. The van der Waals surface area contributed by atoms with Gasteiger partial charge in [0.1, 0.15) is 5.76 Å². The zero-order valence-electron chi connectivity index (χ0n) is 19.5. The number of rotatable bonds is 6. The number of aliphatic hydroxyl groups excluding tert-OH is 1. The van der Waals surface area contributed by atoms with E-state index in [1.807, 2.05) is 26.0 Å². The molecule has 0 radical (unpaired) electrons. The van der Waals surface area contributed by atoms with E-state index in [4.69, 9.17) is 0 Å². The standard InChI is InChI=1S/C24H28N4O2.C2H6/c1-17-9-6-4-5-7-12-22(17)25-16-20-15-23(30)28(3)24(27-20)26-18(2)19-10-8-11-21(29)14-13-19;1-2/h5,7-9,11-15,25,29H,2,4,6,10,16H2,1,3H3,(H,26,27);1-2H3/b7-5+,17-9-,22-12+;. The van der Waals surface area contributed by atoms with Crippen LogP contribution in [0.4, 0.5) is 5.95 Å². The van der Waals surface area contributed by atoms with Gasteiger partial charge in [-0.2, -0.15) is 0 Å². The molecule has 0 saturated heterocycles. The third kappa shape index (κ3) is 7.01. The van der Waals surface area contributed by atoms with E-state index < -0.39 is 0 Å². The molecule has 2 aliphatic rings. The van der Waals surface area contributed by atoms with Crippen LogP contribution in [-0.2, 0) is 13.6 Å². The summed E-state index contributed by atoms with van der Waals surface area (Å²) < 4.78 is 1.46. The van der Waals surface area contributed by atoms with E-state index >= 15 is 0 Å². The van der Waals surface area contributed by atoms with Crippen LogP contribution in [-0.4, -0.2) is 14.7 Å². The first kappa shape index (κ1) is 24.7. The fourth-order valence-electron chi connectivity index (χ4n) is 3.13. The summed E-state index contributed by atoms with van der Waals surface area (Å²) in [5.74, 6) is 0.615. The van der Waals surface area contributed by atoms with Crippen molar-refractivity contribution in [2.45, 2.75) is 46.6 Å². The highest BCUT2D eigenvalue weighted by molar-refractivity contribution is 5.47. The van der Waals surface area contributed by atoms with E-state index in [0.717, 1.165) is 24.1 Å². The van der Waals surface area contributed by atoms with Crippen molar-refractivity contribution in [3.63, 3.8) is 0 Å². The van der Waals surface area contributed by atoms with E-state index in [-0.39, 0.29) is 11.3 Å². The SMILES string of the molecule is C=C(Nc1nc(CNC2=C/C=C/CC/C=C\2C)cc(=O)n1C)C1=CC=C(O)C=CC1.CC. The van der Waals surface area contributed by atoms with Crippen molar-refractivity contribution in [2.24, 2.45) is 7.05 Å². The molecule has 6 nitrogen and oxygen atoms in total. The fourth-order valence-corrected chi connectivity index (χ4v) is 3.13. The van der Waals surface area contributed by atoms with Gasteiger partial charge in [0.05, 0.1) is 12.2 Å². The lowest BCUT2D eigenvalue weighted by Crippen LogP contribution is -2.25. The van der Waals surface area contributed by atoms with Gasteiger partial charge >= 0.3 is 0 Å². The molecule has 0 saturated carbocycles. The number of aromatic nitrogens is 2. The normalized spacial score (nSPS) is 19.8. The predicted octanol–water partition coefficient (Wildman–Crippen LogP) is 5.33. The topological polar surface area (TPSA) is 79.2 Å². The van der Waals surface area contributed by atoms with E-state index in [0.29, 0.717) is 30.3 Å². The van der Waals surface area contributed by atoms with Gasteiger partial charge in [-0.05, 0) is 55.6 Å². The molecular formula is C26H34N4O2. The van der Waals surface area contributed by atoms with Crippen LogP contribution in [0.5, 0.6) is 0 Å². The molecular weight excluding hydrogens is 400 g/mol. The smallest absolute Gasteiger partial charge is 0.254 e. The number of allylic oxidation sites excluding steroid dienone is 10. The van der Waals surface area contributed by atoms with Crippen LogP contribution in [0.3, 0.4) is 0 Å². The molecule has 3 rings (SSSR count). The largest absolute Gasteiger partial charge is 0.508 e. The Balaban J connectivity index is 0.00000176. The fraction of sp³-hybridized carbons (Fsp3) is 0.308. The molecule has 0 fully saturated rings. The first-order valence-electron chi connectivity index (χ1n) is 11.0. The number of hydrogen-bond donors (Lipinski definition) is 3. The maximum atomic E-state index is 12.5. The van der Waals surface area contributed by atoms with Gasteiger partial charge in [0.25, 0.3) is 5.56 Å². The highest BCUT2D eigenvalue weighted by Crippen LogP contribution is 2.19. The van der Waals surface area contributed by atoms with Crippen LogP contribution in [0.25, 0.3) is 0 Å². The quantitative estimate of drug-likeness (QED) is 0.564. The predicted molar refractivity (Wildman–Crippen MR) is 133 cm³/mol. The summed E-state index contributed by atoms with van der Waals surface area (Å²) in [7, 11) is 1.67. The van der Waals surface area contributed by atoms with Crippen molar-refractivity contribution in [1.82, 2.24) is 14.9 Å². The van der Waals surface area contributed by atoms with Crippen molar-refractivity contribution in [1.29, 1.82) is 0 Å². The van der Waals surface area contributed by atoms with Crippen LogP contribution in [0.15, 0.2) is 94.3 Å². The summed E-state index contributed by atoms with van der Waals surface area (Å²) in [4.78, 5) is 17.1. The second-order valence-corrected chi connectivity index (χ2v) is 7.29. The summed E-state index contributed by atoms with van der Waals surface area (Å²) in [6, 6.07) is 1.54. The van der Waals surface area contributed by atoms with Crippen molar-refractivity contribution in [3.05, 3.63) is 106 Å². The lowest BCUT2D eigenvalue weighted by molar-refractivity contribution is 0.432. The summed E-state index contributed by atoms with van der Waals surface area (Å²) in [6.07, 6.45) is 18.0. The van der Waals surface area contributed by atoms with Crippen molar-refractivity contribution < 1.29 is 5.11 Å². The Morgan fingerprint density at radius 1 is 1.22 bits per heavy atom. The summed E-state index contributed by atoms with van der Waals surface area (Å²) in [5, 5.41) is 16.1. The molecule has 0 aliphatic heterocycles. The monoisotopic (exact) mass is 434 g/mol. The molecule has 6 heteroatoms. The van der Waals surface area contributed by atoms with Crippen LogP contribution in [0, 0.1) is 0 Å². The van der Waals surface area contributed by atoms with E-state index in [9.17, 15) is 9.90 Å². The average molecular weight is 435 g/mol. The number of nitrogens with zero attached hydrogens (tertiary/aromatic N) is 2. The van der Waals surface area contributed by atoms with E-state index in [1.165, 1.54) is 16.2 Å². The van der Waals surface area contributed by atoms with Crippen LogP contribution < -0.4 is 16.2 Å². The Morgan fingerprint density at radius 3 is 2.78 bits per heavy atom. The molecule has 1 aromatic rings. The Labute approximate surface area is 190 Å². The van der Waals surface area contributed by atoms with E-state index in [2.05, 4.69) is 47.3 Å². The lowest BCUT2D eigenvalue weighted by atomic mass is 10.1. The summed E-state index contributed by atoms with van der Waals surface area (Å²) in [5.41, 5.74) is 4.22. The third-order valence-electron chi connectivity index (χ3n) is 4.99. The van der Waals surface area contributed by atoms with Gasteiger partial charge in [-0.1, -0.05) is 50.8 Å². The first-order valence-corrected chi connectivity index (χ1v) is 11.0. The van der Waals surface area contributed by atoms with Crippen LogP contribution in [0.2, 0.25) is 0 Å². The van der Waals surface area contributed by atoms with Crippen molar-refractivity contribution in [3.8, 4) is 0 Å². The minimum absolute atomic E-state index is 0.150. The minimum atomic E-state index is -0.150. The molecule has 0 aromatic carbocycles. The molecule has 1 aromatic heterocycles. The first-order chi connectivity index (χ1) is 15.4. The number of nitrogens with one attached hydrogen (secondary N) is 2. The van der Waals surface area contributed by atoms with Gasteiger partial charge in [-0.25, -0.2) is 4.98 Å². The van der Waals surface area contributed by atoms with Gasteiger partial charge < -0.3 is 15.7 Å². The maximum absolute atomic E-state index is 12.5. The second-order valence-electron chi connectivity index (χ2n) is 7.29. The van der Waals surface area contributed by atoms with Gasteiger partial charge in [0.15, 0.2) is 0 Å². The molecule has 0 atom stereocenters. The zero-order chi connectivity index (χ0) is 23.5. The van der Waals surface area contributed by atoms with Gasteiger partial charge in [-0.15, -0.1) is 0 Å². The molecule has 0 unspecified atom stereocenters. The Kier molecular flexibility index (Phi) is 9.54. The Bertz CT molecular complexity index is 1070. The maximum Gasteiger partial charge on any atom is 0.254 e. The second kappa shape index (κ2) is 12.3. The van der Waals surface area contributed by atoms with Crippen LogP contribution in [0.1, 0.15) is 45.7 Å². The molecule has 2 aliphatic carbocycles. The van der Waals surface area contributed by atoms with Crippen molar-refractivity contribution >= 4 is 5.95 Å². The molecule has 170 valence electrons. The lowest BCUT2D eigenvalue weighted by Gasteiger charge is -2.16. The average Bonchev–Trinajstić information content (AvgIpc) is 3.00. The summed E-state index contributed by atoms with van der Waals surface area (Å²) in [6.45, 7) is 10.6. The molecule has 1 heterocycles. The number of aliphatic hydroxyl groups is 1. The van der Waals surface area contributed by atoms with E-state index in [1.54, 1.807) is 25.3 Å². The van der Waals surface area contributed by atoms with Gasteiger partial charge in [-0.3, -0.25) is 9.36 Å². The highest BCUT2D eigenvalue weighted by Gasteiger charge is 2.10. The minimum Gasteiger partial charge on any atom is -0.508 e. The third-order valence-corrected chi connectivity index (χ3v) is 4.99. The molecule has 0 bridgehead atoms. The number of anilines is 1.